The first-order valence-corrected chi connectivity index (χ1v) is 6.02. The summed E-state index contributed by atoms with van der Waals surface area (Å²) in [5.74, 6) is 2.01. The normalized spacial score (nSPS) is 29.5. The van der Waals surface area contributed by atoms with Crippen molar-refractivity contribution in [2.45, 2.75) is 6.04 Å². The van der Waals surface area contributed by atoms with E-state index in [0.717, 1.165) is 18.8 Å². The molecule has 1 saturated heterocycles. The molecule has 1 heterocycles. The first-order chi connectivity index (χ1) is 8.34. The molecule has 2 atom stereocenters. The number of benzene rings is 1. The van der Waals surface area contributed by atoms with Gasteiger partial charge in [-0.3, -0.25) is 4.79 Å². The van der Waals surface area contributed by atoms with Crippen molar-refractivity contribution in [2.75, 3.05) is 19.7 Å². The van der Waals surface area contributed by atoms with Gasteiger partial charge in [0.1, 0.15) is 5.75 Å². The number of carbonyl (C=O) groups excluding carboxylic acids is 1. The van der Waals surface area contributed by atoms with Gasteiger partial charge in [-0.25, -0.2) is 0 Å². The van der Waals surface area contributed by atoms with Crippen molar-refractivity contribution in [1.82, 2.24) is 10.6 Å². The summed E-state index contributed by atoms with van der Waals surface area (Å²) in [6.07, 6.45) is 0. The van der Waals surface area contributed by atoms with Gasteiger partial charge in [-0.1, -0.05) is 18.2 Å². The van der Waals surface area contributed by atoms with Crippen LogP contribution in [-0.4, -0.2) is 31.6 Å². The van der Waals surface area contributed by atoms with E-state index < -0.39 is 0 Å². The van der Waals surface area contributed by atoms with E-state index in [9.17, 15) is 4.79 Å². The van der Waals surface area contributed by atoms with Crippen molar-refractivity contribution >= 4 is 5.91 Å². The van der Waals surface area contributed by atoms with Crippen LogP contribution >= 0.6 is 0 Å². The quantitative estimate of drug-likeness (QED) is 0.790. The van der Waals surface area contributed by atoms with Crippen LogP contribution in [0, 0.1) is 11.8 Å². The van der Waals surface area contributed by atoms with Gasteiger partial charge in [0.25, 0.3) is 5.91 Å². The Hall–Kier alpha value is -1.55. The molecule has 0 radical (unpaired) electrons. The Bertz CT molecular complexity index is 397. The monoisotopic (exact) mass is 232 g/mol. The van der Waals surface area contributed by atoms with Crippen LogP contribution in [-0.2, 0) is 4.79 Å². The molecule has 0 spiro atoms. The number of piperidine rings is 1. The summed E-state index contributed by atoms with van der Waals surface area (Å²) in [5, 5.41) is 6.32. The number of amides is 1. The van der Waals surface area contributed by atoms with E-state index in [1.807, 2.05) is 30.3 Å². The Morgan fingerprint density at radius 2 is 2.00 bits per heavy atom. The first kappa shape index (κ1) is 10.6. The maximum Gasteiger partial charge on any atom is 0.258 e. The molecule has 17 heavy (non-hydrogen) atoms. The lowest BCUT2D eigenvalue weighted by Gasteiger charge is -2.09. The second-order valence-electron chi connectivity index (χ2n) is 4.68. The zero-order valence-corrected chi connectivity index (χ0v) is 9.56. The first-order valence-electron chi connectivity index (χ1n) is 6.02. The molecule has 4 nitrogen and oxygen atoms in total. The van der Waals surface area contributed by atoms with Crippen LogP contribution in [0.5, 0.6) is 5.75 Å². The van der Waals surface area contributed by atoms with Gasteiger partial charge in [0.15, 0.2) is 6.61 Å². The lowest BCUT2D eigenvalue weighted by atomic mass is 10.3. The molecule has 3 rings (SSSR count). The van der Waals surface area contributed by atoms with Crippen LogP contribution in [0.15, 0.2) is 30.3 Å². The van der Waals surface area contributed by atoms with Crippen molar-refractivity contribution in [3.63, 3.8) is 0 Å². The third-order valence-corrected chi connectivity index (χ3v) is 3.53. The van der Waals surface area contributed by atoms with Crippen molar-refractivity contribution in [3.8, 4) is 5.75 Å². The molecule has 4 heteroatoms. The molecule has 2 N–H and O–H groups in total. The highest BCUT2D eigenvalue weighted by atomic mass is 16.5. The molecular weight excluding hydrogens is 216 g/mol. The van der Waals surface area contributed by atoms with Crippen LogP contribution in [0.2, 0.25) is 0 Å². The molecule has 2 unspecified atom stereocenters. The molecule has 2 aliphatic rings. The van der Waals surface area contributed by atoms with E-state index in [2.05, 4.69) is 10.6 Å². The zero-order valence-electron chi connectivity index (χ0n) is 9.56. The van der Waals surface area contributed by atoms with Gasteiger partial charge in [0.2, 0.25) is 0 Å². The molecule has 0 aromatic heterocycles. The molecule has 1 aromatic rings. The summed E-state index contributed by atoms with van der Waals surface area (Å²) in [7, 11) is 0. The molecule has 2 fully saturated rings. The van der Waals surface area contributed by atoms with Gasteiger partial charge < -0.3 is 15.4 Å². The summed E-state index contributed by atoms with van der Waals surface area (Å²) >= 11 is 0. The summed E-state index contributed by atoms with van der Waals surface area (Å²) in [5.41, 5.74) is 0. The zero-order chi connectivity index (χ0) is 11.7. The SMILES string of the molecule is O=C(COc1ccccc1)NC1C2CNCC21. The average Bonchev–Trinajstić information content (AvgIpc) is 2.79. The maximum atomic E-state index is 11.6. The largest absolute Gasteiger partial charge is 0.484 e. The van der Waals surface area contributed by atoms with Crippen molar-refractivity contribution in [3.05, 3.63) is 30.3 Å². The Kier molecular flexibility index (Phi) is 2.73. The molecule has 90 valence electrons. The van der Waals surface area contributed by atoms with Crippen LogP contribution < -0.4 is 15.4 Å². The third-order valence-electron chi connectivity index (χ3n) is 3.53. The lowest BCUT2D eigenvalue weighted by molar-refractivity contribution is -0.123. The lowest BCUT2D eigenvalue weighted by Crippen LogP contribution is -2.35. The predicted octanol–water partition coefficient (Wildman–Crippen LogP) is 0.399. The van der Waals surface area contributed by atoms with Gasteiger partial charge in [0, 0.05) is 19.1 Å². The number of carbonyl (C=O) groups is 1. The number of hydrogen-bond donors (Lipinski definition) is 2. The average molecular weight is 232 g/mol. The fraction of sp³-hybridized carbons (Fsp3) is 0.462. The van der Waals surface area contributed by atoms with Gasteiger partial charge in [0.05, 0.1) is 0 Å². The fourth-order valence-electron chi connectivity index (χ4n) is 2.53. The second-order valence-corrected chi connectivity index (χ2v) is 4.68. The molecule has 1 aliphatic heterocycles. The topological polar surface area (TPSA) is 50.4 Å². The van der Waals surface area contributed by atoms with Crippen LogP contribution in [0.1, 0.15) is 0 Å². The number of para-hydroxylation sites is 1. The van der Waals surface area contributed by atoms with Crippen molar-refractivity contribution in [1.29, 1.82) is 0 Å². The highest BCUT2D eigenvalue weighted by molar-refractivity contribution is 5.78. The Morgan fingerprint density at radius 1 is 1.29 bits per heavy atom. The van der Waals surface area contributed by atoms with E-state index >= 15 is 0 Å². The minimum Gasteiger partial charge on any atom is -0.484 e. The molecular formula is C13H16N2O2. The van der Waals surface area contributed by atoms with Crippen LogP contribution in [0.25, 0.3) is 0 Å². The summed E-state index contributed by atoms with van der Waals surface area (Å²) < 4.78 is 5.39. The number of rotatable bonds is 4. The Labute approximate surface area is 100 Å². The smallest absolute Gasteiger partial charge is 0.258 e. The Morgan fingerprint density at radius 3 is 2.71 bits per heavy atom. The molecule has 1 saturated carbocycles. The summed E-state index contributed by atoms with van der Waals surface area (Å²) in [6.45, 7) is 2.18. The molecule has 1 aromatic carbocycles. The van der Waals surface area contributed by atoms with Crippen LogP contribution in [0.3, 0.4) is 0 Å². The molecule has 1 amide bonds. The Balaban J connectivity index is 1.42. The number of hydrogen-bond acceptors (Lipinski definition) is 3. The van der Waals surface area contributed by atoms with E-state index in [4.69, 9.17) is 4.74 Å². The number of nitrogens with one attached hydrogen (secondary N) is 2. The van der Waals surface area contributed by atoms with Gasteiger partial charge >= 0.3 is 0 Å². The number of ether oxygens (including phenoxy) is 1. The fourth-order valence-corrected chi connectivity index (χ4v) is 2.53. The highest BCUT2D eigenvalue weighted by Crippen LogP contribution is 2.41. The van der Waals surface area contributed by atoms with Gasteiger partial charge in [-0.05, 0) is 24.0 Å². The maximum absolute atomic E-state index is 11.6. The number of fused-ring (bicyclic) bond motifs is 1. The minimum absolute atomic E-state index is 0.0201. The van der Waals surface area contributed by atoms with Crippen molar-refractivity contribution < 1.29 is 9.53 Å². The summed E-state index contributed by atoms with van der Waals surface area (Å²) in [6, 6.07) is 9.79. The second kappa shape index (κ2) is 4.37. The molecule has 0 bridgehead atoms. The highest BCUT2D eigenvalue weighted by Gasteiger charge is 2.53. The standard InChI is InChI=1S/C13H16N2O2/c16-12(8-17-9-4-2-1-3-5-9)15-13-10-6-14-7-11(10)13/h1-5,10-11,13-14H,6-8H2,(H,15,16). The van der Waals surface area contributed by atoms with E-state index in [0.29, 0.717) is 17.9 Å². The summed E-state index contributed by atoms with van der Waals surface area (Å²) in [4.78, 5) is 11.6. The minimum atomic E-state index is -0.0201. The van der Waals surface area contributed by atoms with Gasteiger partial charge in [-0.15, -0.1) is 0 Å². The van der Waals surface area contributed by atoms with E-state index in [1.54, 1.807) is 0 Å². The van der Waals surface area contributed by atoms with E-state index in [1.165, 1.54) is 0 Å². The third kappa shape index (κ3) is 2.26. The van der Waals surface area contributed by atoms with E-state index in [-0.39, 0.29) is 12.5 Å². The van der Waals surface area contributed by atoms with Gasteiger partial charge in [-0.2, -0.15) is 0 Å². The van der Waals surface area contributed by atoms with Crippen molar-refractivity contribution in [2.24, 2.45) is 11.8 Å². The predicted molar refractivity (Wildman–Crippen MR) is 63.7 cm³/mol. The van der Waals surface area contributed by atoms with Crippen LogP contribution in [0.4, 0.5) is 0 Å². The molecule has 1 aliphatic carbocycles.